The fourth-order valence-electron chi connectivity index (χ4n) is 2.19. The number of benzene rings is 1. The van der Waals surface area contributed by atoms with E-state index in [2.05, 4.69) is 5.32 Å². The summed E-state index contributed by atoms with van der Waals surface area (Å²) < 4.78 is 5.32. The van der Waals surface area contributed by atoms with Gasteiger partial charge in [0.25, 0.3) is 0 Å². The summed E-state index contributed by atoms with van der Waals surface area (Å²) >= 11 is 0. The van der Waals surface area contributed by atoms with Gasteiger partial charge in [-0.15, -0.1) is 0 Å². The van der Waals surface area contributed by atoms with Gasteiger partial charge < -0.3 is 30.5 Å². The summed E-state index contributed by atoms with van der Waals surface area (Å²) in [6.07, 6.45) is -6.11. The molecule has 0 radical (unpaired) electrons. The fraction of sp³-hybridized carbons (Fsp3) is 0.500. The molecule has 0 bridgehead atoms. The standard InChI is InChI=1S/C14H19NO6/c1-7(17)8-2-4-9(5-3-8)15-14-13(20)12(19)11(18)10(6-16)21-14/h2-5,10-16,18-20H,6H2,1H3/t10-,11+,12+,13+,14-/m1/s1. The predicted octanol–water partition coefficient (Wildman–Crippen LogP) is -0.899. The first-order valence-electron chi connectivity index (χ1n) is 6.62. The van der Waals surface area contributed by atoms with Gasteiger partial charge in [0, 0.05) is 11.3 Å². The molecule has 1 fully saturated rings. The zero-order chi connectivity index (χ0) is 15.6. The molecule has 21 heavy (non-hydrogen) atoms. The molecule has 7 heteroatoms. The van der Waals surface area contributed by atoms with E-state index in [-0.39, 0.29) is 5.78 Å². The minimum absolute atomic E-state index is 0.0607. The number of carbonyl (C=O) groups is 1. The quantitative estimate of drug-likeness (QED) is 0.457. The molecule has 1 saturated heterocycles. The number of ketones is 1. The SMILES string of the molecule is CC(=O)c1ccc(N[C@@H]2O[C@H](CO)[C@H](O)[C@H](O)[C@@H]2O)cc1. The smallest absolute Gasteiger partial charge is 0.159 e. The van der Waals surface area contributed by atoms with Gasteiger partial charge in [0.15, 0.2) is 12.0 Å². The van der Waals surface area contributed by atoms with Crippen LogP contribution in [-0.2, 0) is 4.74 Å². The highest BCUT2D eigenvalue weighted by molar-refractivity contribution is 5.94. The fourth-order valence-corrected chi connectivity index (χ4v) is 2.19. The topological polar surface area (TPSA) is 119 Å². The summed E-state index contributed by atoms with van der Waals surface area (Å²) in [5, 5.41) is 41.2. The van der Waals surface area contributed by atoms with Crippen molar-refractivity contribution in [2.45, 2.75) is 37.6 Å². The molecule has 1 aromatic carbocycles. The zero-order valence-electron chi connectivity index (χ0n) is 11.5. The van der Waals surface area contributed by atoms with Crippen LogP contribution in [0.1, 0.15) is 17.3 Å². The Morgan fingerprint density at radius 2 is 1.76 bits per heavy atom. The third-order valence-electron chi connectivity index (χ3n) is 3.49. The molecule has 1 aliphatic rings. The van der Waals surface area contributed by atoms with Crippen molar-refractivity contribution >= 4 is 11.5 Å². The summed E-state index contributed by atoms with van der Waals surface area (Å²) in [6, 6.07) is 6.51. The number of rotatable bonds is 4. The van der Waals surface area contributed by atoms with Gasteiger partial charge >= 0.3 is 0 Å². The van der Waals surface area contributed by atoms with Gasteiger partial charge in [-0.1, -0.05) is 0 Å². The first kappa shape index (κ1) is 15.9. The molecule has 1 aromatic rings. The van der Waals surface area contributed by atoms with Gasteiger partial charge in [-0.2, -0.15) is 0 Å². The van der Waals surface area contributed by atoms with Gasteiger partial charge in [-0.3, -0.25) is 4.79 Å². The number of nitrogens with one attached hydrogen (secondary N) is 1. The minimum Gasteiger partial charge on any atom is -0.394 e. The van der Waals surface area contributed by atoms with Crippen LogP contribution in [0.25, 0.3) is 0 Å². The molecule has 0 spiro atoms. The first-order valence-corrected chi connectivity index (χ1v) is 6.62. The molecule has 2 rings (SSSR count). The molecule has 0 amide bonds. The Morgan fingerprint density at radius 1 is 1.14 bits per heavy atom. The largest absolute Gasteiger partial charge is 0.394 e. The summed E-state index contributed by atoms with van der Waals surface area (Å²) in [4.78, 5) is 11.2. The van der Waals surface area contributed by atoms with Crippen LogP contribution in [0.5, 0.6) is 0 Å². The maximum Gasteiger partial charge on any atom is 0.159 e. The van der Waals surface area contributed by atoms with Crippen molar-refractivity contribution in [2.24, 2.45) is 0 Å². The Labute approximate surface area is 121 Å². The number of ether oxygens (including phenoxy) is 1. The normalized spacial score (nSPS) is 32.7. The molecule has 0 saturated carbocycles. The Hall–Kier alpha value is -1.51. The highest BCUT2D eigenvalue weighted by atomic mass is 16.6. The van der Waals surface area contributed by atoms with E-state index >= 15 is 0 Å². The van der Waals surface area contributed by atoms with E-state index in [1.54, 1.807) is 24.3 Å². The van der Waals surface area contributed by atoms with Crippen LogP contribution < -0.4 is 5.32 Å². The first-order chi connectivity index (χ1) is 9.93. The molecule has 7 nitrogen and oxygen atoms in total. The summed E-state index contributed by atoms with van der Waals surface area (Å²) in [7, 11) is 0. The average Bonchev–Trinajstić information content (AvgIpc) is 2.48. The molecule has 5 N–H and O–H groups in total. The van der Waals surface area contributed by atoms with Gasteiger partial charge in [0.1, 0.15) is 24.4 Å². The average molecular weight is 297 g/mol. The van der Waals surface area contributed by atoms with E-state index in [9.17, 15) is 20.1 Å². The number of hydrogen-bond acceptors (Lipinski definition) is 7. The van der Waals surface area contributed by atoms with Crippen LogP contribution >= 0.6 is 0 Å². The van der Waals surface area contributed by atoms with Gasteiger partial charge in [0.05, 0.1) is 6.61 Å². The van der Waals surface area contributed by atoms with E-state index in [0.29, 0.717) is 11.3 Å². The second kappa shape index (κ2) is 6.50. The van der Waals surface area contributed by atoms with Crippen molar-refractivity contribution in [3.05, 3.63) is 29.8 Å². The number of aliphatic hydroxyl groups is 4. The highest BCUT2D eigenvalue weighted by Crippen LogP contribution is 2.23. The van der Waals surface area contributed by atoms with E-state index in [4.69, 9.17) is 9.84 Å². The van der Waals surface area contributed by atoms with Crippen molar-refractivity contribution in [2.75, 3.05) is 11.9 Å². The van der Waals surface area contributed by atoms with Crippen LogP contribution in [0.15, 0.2) is 24.3 Å². The molecular formula is C14H19NO6. The molecule has 0 aromatic heterocycles. The van der Waals surface area contributed by atoms with Crippen LogP contribution in [0.3, 0.4) is 0 Å². The number of carbonyl (C=O) groups excluding carboxylic acids is 1. The lowest BCUT2D eigenvalue weighted by Crippen LogP contribution is -2.60. The maximum absolute atomic E-state index is 11.2. The molecule has 1 heterocycles. The van der Waals surface area contributed by atoms with E-state index in [1.807, 2.05) is 0 Å². The van der Waals surface area contributed by atoms with E-state index < -0.39 is 37.3 Å². The Kier molecular flexibility index (Phi) is 4.92. The van der Waals surface area contributed by atoms with Gasteiger partial charge in [-0.05, 0) is 31.2 Å². The number of Topliss-reactive ketones (excluding diaryl/α,β-unsaturated/α-hetero) is 1. The second-order valence-electron chi connectivity index (χ2n) is 5.03. The molecule has 0 aliphatic carbocycles. The van der Waals surface area contributed by atoms with Crippen LogP contribution in [0.2, 0.25) is 0 Å². The van der Waals surface area contributed by atoms with Gasteiger partial charge in [-0.25, -0.2) is 0 Å². The summed E-state index contributed by atoms with van der Waals surface area (Å²) in [5.41, 5.74) is 1.12. The van der Waals surface area contributed by atoms with Crippen LogP contribution in [0, 0.1) is 0 Å². The lowest BCUT2D eigenvalue weighted by Gasteiger charge is -2.40. The maximum atomic E-state index is 11.2. The molecule has 116 valence electrons. The van der Waals surface area contributed by atoms with Crippen LogP contribution in [-0.4, -0.2) is 63.5 Å². The predicted molar refractivity (Wildman–Crippen MR) is 73.8 cm³/mol. The van der Waals surface area contributed by atoms with E-state index in [0.717, 1.165) is 0 Å². The molecular weight excluding hydrogens is 278 g/mol. The van der Waals surface area contributed by atoms with Crippen molar-refractivity contribution < 1.29 is 30.0 Å². The Bertz CT molecular complexity index is 489. The minimum atomic E-state index is -1.43. The van der Waals surface area contributed by atoms with Crippen molar-refractivity contribution in [1.82, 2.24) is 0 Å². The Morgan fingerprint density at radius 3 is 2.29 bits per heavy atom. The van der Waals surface area contributed by atoms with E-state index in [1.165, 1.54) is 6.92 Å². The van der Waals surface area contributed by atoms with Gasteiger partial charge in [0.2, 0.25) is 0 Å². The van der Waals surface area contributed by atoms with Crippen molar-refractivity contribution in [1.29, 1.82) is 0 Å². The highest BCUT2D eigenvalue weighted by Gasteiger charge is 2.43. The van der Waals surface area contributed by atoms with Crippen molar-refractivity contribution in [3.8, 4) is 0 Å². The number of hydrogen-bond donors (Lipinski definition) is 5. The Balaban J connectivity index is 2.08. The zero-order valence-corrected chi connectivity index (χ0v) is 11.5. The monoisotopic (exact) mass is 297 g/mol. The lowest BCUT2D eigenvalue weighted by molar-refractivity contribution is -0.221. The third kappa shape index (κ3) is 3.39. The number of anilines is 1. The summed E-state index contributed by atoms with van der Waals surface area (Å²) in [5.74, 6) is -0.0607. The molecule has 1 aliphatic heterocycles. The third-order valence-corrected chi connectivity index (χ3v) is 3.49. The lowest BCUT2D eigenvalue weighted by atomic mass is 9.98. The summed E-state index contributed by atoms with van der Waals surface area (Å²) in [6.45, 7) is 0.979. The molecule has 0 unspecified atom stereocenters. The second-order valence-corrected chi connectivity index (χ2v) is 5.03. The van der Waals surface area contributed by atoms with Crippen LogP contribution in [0.4, 0.5) is 5.69 Å². The van der Waals surface area contributed by atoms with Crippen molar-refractivity contribution in [3.63, 3.8) is 0 Å². The molecule has 5 atom stereocenters. The number of aliphatic hydroxyl groups excluding tert-OH is 4.